The second kappa shape index (κ2) is 6.29. The van der Waals surface area contributed by atoms with Crippen LogP contribution in [-0.4, -0.2) is 52.2 Å². The number of ether oxygens (including phenoxy) is 1. The topological polar surface area (TPSA) is 79.7 Å². The Labute approximate surface area is 136 Å². The van der Waals surface area contributed by atoms with Crippen LogP contribution in [0.15, 0.2) is 18.2 Å². The molecule has 9 heteroatoms. The molecule has 0 radical (unpaired) electrons. The van der Waals surface area contributed by atoms with Crippen LogP contribution in [0.5, 0.6) is 5.88 Å². The molecule has 1 aromatic rings. The summed E-state index contributed by atoms with van der Waals surface area (Å²) >= 11 is 0. The molecule has 1 N–H and O–H groups in total. The monoisotopic (exact) mass is 346 g/mol. The molecule has 0 spiro atoms. The number of aromatic nitrogens is 1. The molecule has 1 atom stereocenters. The standard InChI is InChI=1S/C15H17F3N2O4/c1-9(2)24-11-5-3-4-10(19-11)12(21)20-7-6-14(8-20,13(22)23)15(16,17)18/h3-5,9H,6-8H2,1-2H3,(H,22,23)/t14-/m1/s1. The van der Waals surface area contributed by atoms with Crippen molar-refractivity contribution in [2.24, 2.45) is 5.41 Å². The van der Waals surface area contributed by atoms with Gasteiger partial charge in [-0.2, -0.15) is 13.2 Å². The number of nitrogens with zero attached hydrogens (tertiary/aromatic N) is 2. The van der Waals surface area contributed by atoms with Gasteiger partial charge in [-0.15, -0.1) is 0 Å². The summed E-state index contributed by atoms with van der Waals surface area (Å²) in [6.07, 6.45) is -5.80. The third-order valence-corrected chi connectivity index (χ3v) is 3.81. The maximum absolute atomic E-state index is 13.2. The summed E-state index contributed by atoms with van der Waals surface area (Å²) in [5, 5.41) is 9.02. The molecule has 1 aliphatic heterocycles. The average Bonchev–Trinajstić information content (AvgIpc) is 2.92. The molecule has 0 saturated carbocycles. The molecule has 6 nitrogen and oxygen atoms in total. The van der Waals surface area contributed by atoms with Gasteiger partial charge >= 0.3 is 12.1 Å². The molecule has 1 aromatic heterocycles. The minimum atomic E-state index is -4.94. The van der Waals surface area contributed by atoms with Crippen LogP contribution in [0.3, 0.4) is 0 Å². The maximum atomic E-state index is 13.2. The van der Waals surface area contributed by atoms with Gasteiger partial charge in [0.1, 0.15) is 5.69 Å². The summed E-state index contributed by atoms with van der Waals surface area (Å²) in [6, 6.07) is 4.38. The molecule has 0 unspecified atom stereocenters. The summed E-state index contributed by atoms with van der Waals surface area (Å²) in [5.74, 6) is -2.55. The van der Waals surface area contributed by atoms with Crippen molar-refractivity contribution in [3.05, 3.63) is 23.9 Å². The van der Waals surface area contributed by atoms with Gasteiger partial charge in [0.05, 0.1) is 6.10 Å². The first-order valence-electron chi connectivity index (χ1n) is 7.30. The number of carboxylic acids is 1. The van der Waals surface area contributed by atoms with Crippen LogP contribution in [0, 0.1) is 5.41 Å². The predicted octanol–water partition coefficient (Wildman–Crippen LogP) is 2.35. The molecule has 1 fully saturated rings. The summed E-state index contributed by atoms with van der Waals surface area (Å²) in [5.41, 5.74) is -3.02. The van der Waals surface area contributed by atoms with Crippen molar-refractivity contribution in [1.29, 1.82) is 0 Å². The van der Waals surface area contributed by atoms with Crippen molar-refractivity contribution in [2.45, 2.75) is 32.5 Å². The Bertz CT molecular complexity index is 648. The van der Waals surface area contributed by atoms with E-state index in [4.69, 9.17) is 9.84 Å². The van der Waals surface area contributed by atoms with Gasteiger partial charge in [-0.05, 0) is 26.3 Å². The normalized spacial score (nSPS) is 21.2. The smallest absolute Gasteiger partial charge is 0.406 e. The number of pyridine rings is 1. The van der Waals surface area contributed by atoms with Crippen LogP contribution >= 0.6 is 0 Å². The third-order valence-electron chi connectivity index (χ3n) is 3.81. The van der Waals surface area contributed by atoms with E-state index < -0.39 is 36.4 Å². The number of rotatable bonds is 4. The SMILES string of the molecule is CC(C)Oc1cccc(C(=O)N2CC[C@@](C(=O)O)(C(F)(F)F)C2)n1. The zero-order valence-electron chi connectivity index (χ0n) is 13.1. The number of aliphatic carboxylic acids is 1. The Hall–Kier alpha value is -2.32. The number of carbonyl (C=O) groups is 2. The lowest BCUT2D eigenvalue weighted by Crippen LogP contribution is -2.47. The van der Waals surface area contributed by atoms with Gasteiger partial charge in [0.25, 0.3) is 5.91 Å². The lowest BCUT2D eigenvalue weighted by molar-refractivity contribution is -0.227. The van der Waals surface area contributed by atoms with Crippen LogP contribution in [0.2, 0.25) is 0 Å². The lowest BCUT2D eigenvalue weighted by atomic mass is 9.86. The zero-order valence-corrected chi connectivity index (χ0v) is 13.1. The van der Waals surface area contributed by atoms with Crippen LogP contribution in [0.1, 0.15) is 30.8 Å². The van der Waals surface area contributed by atoms with E-state index >= 15 is 0 Å². The van der Waals surface area contributed by atoms with Crippen molar-refractivity contribution in [1.82, 2.24) is 9.88 Å². The highest BCUT2D eigenvalue weighted by Gasteiger charge is 2.64. The van der Waals surface area contributed by atoms with E-state index in [0.29, 0.717) is 0 Å². The Balaban J connectivity index is 2.22. The van der Waals surface area contributed by atoms with Crippen molar-refractivity contribution in [2.75, 3.05) is 13.1 Å². The molecule has 0 bridgehead atoms. The van der Waals surface area contributed by atoms with Crippen LogP contribution in [0.25, 0.3) is 0 Å². The van der Waals surface area contributed by atoms with Crippen molar-refractivity contribution < 1.29 is 32.6 Å². The summed E-state index contributed by atoms with van der Waals surface area (Å²) in [4.78, 5) is 28.4. The summed E-state index contributed by atoms with van der Waals surface area (Å²) in [7, 11) is 0. The van der Waals surface area contributed by atoms with Crippen LogP contribution < -0.4 is 4.74 Å². The van der Waals surface area contributed by atoms with Crippen molar-refractivity contribution >= 4 is 11.9 Å². The molecule has 0 aliphatic carbocycles. The Kier molecular flexibility index (Phi) is 4.73. The first-order valence-corrected chi connectivity index (χ1v) is 7.30. The molecule has 24 heavy (non-hydrogen) atoms. The van der Waals surface area contributed by atoms with Crippen molar-refractivity contribution in [3.8, 4) is 5.88 Å². The van der Waals surface area contributed by atoms with E-state index in [9.17, 15) is 22.8 Å². The molecule has 1 saturated heterocycles. The molecular weight excluding hydrogens is 329 g/mol. The largest absolute Gasteiger partial charge is 0.481 e. The van der Waals surface area contributed by atoms with Gasteiger partial charge in [-0.3, -0.25) is 9.59 Å². The van der Waals surface area contributed by atoms with Gasteiger partial charge in [-0.25, -0.2) is 4.98 Å². The van der Waals surface area contributed by atoms with Gasteiger partial charge in [0.15, 0.2) is 5.41 Å². The molecule has 0 aromatic carbocycles. The number of alkyl halides is 3. The first kappa shape index (κ1) is 18.0. The summed E-state index contributed by atoms with van der Waals surface area (Å²) in [6.45, 7) is 2.30. The highest BCUT2D eigenvalue weighted by Crippen LogP contribution is 2.45. The number of likely N-dealkylation sites (tertiary alicyclic amines) is 1. The molecule has 1 aliphatic rings. The van der Waals surface area contributed by atoms with E-state index in [-0.39, 0.29) is 24.2 Å². The van der Waals surface area contributed by atoms with Crippen molar-refractivity contribution in [3.63, 3.8) is 0 Å². The second-order valence-corrected chi connectivity index (χ2v) is 5.89. The van der Waals surface area contributed by atoms with Crippen LogP contribution in [-0.2, 0) is 4.79 Å². The average molecular weight is 346 g/mol. The van der Waals surface area contributed by atoms with E-state index in [1.807, 2.05) is 0 Å². The number of amides is 1. The fourth-order valence-electron chi connectivity index (χ4n) is 2.51. The number of hydrogen-bond acceptors (Lipinski definition) is 4. The number of carbonyl (C=O) groups excluding carboxylic acids is 1. The van der Waals surface area contributed by atoms with Crippen LogP contribution in [0.4, 0.5) is 13.2 Å². The predicted molar refractivity (Wildman–Crippen MR) is 76.6 cm³/mol. The van der Waals surface area contributed by atoms with E-state index in [1.54, 1.807) is 13.8 Å². The second-order valence-electron chi connectivity index (χ2n) is 5.89. The minimum Gasteiger partial charge on any atom is -0.481 e. The highest BCUT2D eigenvalue weighted by molar-refractivity contribution is 5.93. The number of carboxylic acid groups (broad SMARTS) is 1. The Morgan fingerprint density at radius 3 is 2.54 bits per heavy atom. The molecular formula is C15H17F3N2O4. The molecule has 1 amide bonds. The maximum Gasteiger partial charge on any atom is 0.406 e. The number of hydrogen-bond donors (Lipinski definition) is 1. The fourth-order valence-corrected chi connectivity index (χ4v) is 2.51. The van der Waals surface area contributed by atoms with E-state index in [1.165, 1.54) is 18.2 Å². The van der Waals surface area contributed by atoms with Gasteiger partial charge in [-0.1, -0.05) is 6.07 Å². The first-order chi connectivity index (χ1) is 11.1. The third kappa shape index (κ3) is 3.29. The lowest BCUT2D eigenvalue weighted by Gasteiger charge is -2.27. The highest BCUT2D eigenvalue weighted by atomic mass is 19.4. The quantitative estimate of drug-likeness (QED) is 0.905. The molecule has 132 valence electrons. The van der Waals surface area contributed by atoms with Gasteiger partial charge < -0.3 is 14.7 Å². The van der Waals surface area contributed by atoms with Gasteiger partial charge in [0.2, 0.25) is 5.88 Å². The minimum absolute atomic E-state index is 0.0866. The van der Waals surface area contributed by atoms with E-state index in [2.05, 4.69) is 4.98 Å². The number of halogens is 3. The molecule has 2 rings (SSSR count). The Morgan fingerprint density at radius 1 is 1.38 bits per heavy atom. The molecule has 2 heterocycles. The fraction of sp³-hybridized carbons (Fsp3) is 0.533. The van der Waals surface area contributed by atoms with Gasteiger partial charge in [0, 0.05) is 19.2 Å². The Morgan fingerprint density at radius 2 is 2.04 bits per heavy atom. The summed E-state index contributed by atoms with van der Waals surface area (Å²) < 4.78 is 44.8. The van der Waals surface area contributed by atoms with E-state index in [0.717, 1.165) is 4.90 Å². The zero-order chi connectivity index (χ0) is 18.1.